The van der Waals surface area contributed by atoms with Crippen molar-refractivity contribution in [3.05, 3.63) is 71.3 Å². The predicted molar refractivity (Wildman–Crippen MR) is 82.3 cm³/mol. The molecule has 0 saturated heterocycles. The van der Waals surface area contributed by atoms with E-state index in [0.29, 0.717) is 5.92 Å². The Balaban J connectivity index is 2.32. The van der Waals surface area contributed by atoms with Gasteiger partial charge in [0.15, 0.2) is 0 Å². The number of hydrogen-bond donors (Lipinski definition) is 1. The maximum absolute atomic E-state index is 3.69. The van der Waals surface area contributed by atoms with Crippen LogP contribution in [-0.2, 0) is 0 Å². The molecule has 0 aliphatic heterocycles. The van der Waals surface area contributed by atoms with Crippen LogP contribution < -0.4 is 5.32 Å². The van der Waals surface area contributed by atoms with Crippen LogP contribution in [-0.4, -0.2) is 6.54 Å². The van der Waals surface area contributed by atoms with Crippen LogP contribution >= 0.6 is 0 Å². The Hall–Kier alpha value is -1.60. The van der Waals surface area contributed by atoms with Crippen LogP contribution in [0.4, 0.5) is 0 Å². The van der Waals surface area contributed by atoms with E-state index in [2.05, 4.69) is 80.7 Å². The smallest absolute Gasteiger partial charge is 0.0579 e. The summed E-state index contributed by atoms with van der Waals surface area (Å²) in [6, 6.07) is 19.6. The second-order valence-electron chi connectivity index (χ2n) is 5.50. The van der Waals surface area contributed by atoms with E-state index in [9.17, 15) is 0 Å². The molecule has 0 radical (unpaired) electrons. The zero-order chi connectivity index (χ0) is 13.7. The molecule has 1 N–H and O–H groups in total. The van der Waals surface area contributed by atoms with Gasteiger partial charge in [-0.2, -0.15) is 0 Å². The van der Waals surface area contributed by atoms with Crippen LogP contribution in [0.5, 0.6) is 0 Å². The monoisotopic (exact) mass is 253 g/mol. The first-order chi connectivity index (χ1) is 9.18. The summed E-state index contributed by atoms with van der Waals surface area (Å²) in [5, 5.41) is 3.69. The molecule has 0 aliphatic rings. The fourth-order valence-corrected chi connectivity index (χ4v) is 2.32. The first-order valence-corrected chi connectivity index (χ1v) is 7.02. The minimum Gasteiger partial charge on any atom is -0.306 e. The Morgan fingerprint density at radius 2 is 1.53 bits per heavy atom. The summed E-state index contributed by atoms with van der Waals surface area (Å²) in [4.78, 5) is 0. The molecule has 1 heteroatoms. The van der Waals surface area contributed by atoms with Crippen molar-refractivity contribution in [1.82, 2.24) is 5.32 Å². The largest absolute Gasteiger partial charge is 0.306 e. The molecular weight excluding hydrogens is 230 g/mol. The maximum atomic E-state index is 3.69. The van der Waals surface area contributed by atoms with E-state index < -0.39 is 0 Å². The van der Waals surface area contributed by atoms with E-state index >= 15 is 0 Å². The summed E-state index contributed by atoms with van der Waals surface area (Å²) in [6.07, 6.45) is 0. The number of nitrogens with one attached hydrogen (secondary N) is 1. The first-order valence-electron chi connectivity index (χ1n) is 7.02. The predicted octanol–water partition coefficient (Wildman–Crippen LogP) is 4.33. The normalized spacial score (nSPS) is 12.6. The van der Waals surface area contributed by atoms with Gasteiger partial charge >= 0.3 is 0 Å². The summed E-state index contributed by atoms with van der Waals surface area (Å²) in [6.45, 7) is 7.69. The average Bonchev–Trinajstić information content (AvgIpc) is 2.42. The molecule has 100 valence electrons. The summed E-state index contributed by atoms with van der Waals surface area (Å²) >= 11 is 0. The van der Waals surface area contributed by atoms with Crippen molar-refractivity contribution >= 4 is 0 Å². The van der Waals surface area contributed by atoms with Gasteiger partial charge < -0.3 is 5.32 Å². The molecular formula is C18H23N. The molecule has 0 aliphatic carbocycles. The average molecular weight is 253 g/mol. The highest BCUT2D eigenvalue weighted by molar-refractivity contribution is 5.36. The lowest BCUT2D eigenvalue weighted by Crippen LogP contribution is -2.26. The van der Waals surface area contributed by atoms with Crippen molar-refractivity contribution in [2.24, 2.45) is 5.92 Å². The lowest BCUT2D eigenvalue weighted by atomic mass is 9.94. The molecule has 0 amide bonds. The lowest BCUT2D eigenvalue weighted by Gasteiger charge is -2.22. The van der Waals surface area contributed by atoms with Gasteiger partial charge in [-0.15, -0.1) is 0 Å². The SMILES string of the molecule is Cc1ccccc1C(NCC(C)C)c1ccccc1. The number of aryl methyl sites for hydroxylation is 1. The standard InChI is InChI=1S/C18H23N/c1-14(2)13-19-18(16-10-5-4-6-11-16)17-12-8-7-9-15(17)3/h4-12,14,18-19H,13H2,1-3H3. The fraction of sp³-hybridized carbons (Fsp3) is 0.333. The molecule has 0 bridgehead atoms. The van der Waals surface area contributed by atoms with Gasteiger partial charge in [0.1, 0.15) is 0 Å². The maximum Gasteiger partial charge on any atom is 0.0579 e. The van der Waals surface area contributed by atoms with Crippen molar-refractivity contribution in [3.8, 4) is 0 Å². The third kappa shape index (κ3) is 3.68. The van der Waals surface area contributed by atoms with Crippen LogP contribution in [0.1, 0.15) is 36.6 Å². The lowest BCUT2D eigenvalue weighted by molar-refractivity contribution is 0.512. The number of hydrogen-bond acceptors (Lipinski definition) is 1. The Morgan fingerprint density at radius 3 is 2.16 bits per heavy atom. The fourth-order valence-electron chi connectivity index (χ4n) is 2.32. The highest BCUT2D eigenvalue weighted by atomic mass is 14.9. The van der Waals surface area contributed by atoms with E-state index in [-0.39, 0.29) is 6.04 Å². The quantitative estimate of drug-likeness (QED) is 0.836. The van der Waals surface area contributed by atoms with E-state index in [1.807, 2.05) is 0 Å². The summed E-state index contributed by atoms with van der Waals surface area (Å²) in [5.74, 6) is 0.648. The highest BCUT2D eigenvalue weighted by Gasteiger charge is 2.15. The Morgan fingerprint density at radius 1 is 0.895 bits per heavy atom. The zero-order valence-electron chi connectivity index (χ0n) is 12.1. The van der Waals surface area contributed by atoms with Crippen molar-refractivity contribution in [2.45, 2.75) is 26.8 Å². The molecule has 0 heterocycles. The van der Waals surface area contributed by atoms with Crippen molar-refractivity contribution < 1.29 is 0 Å². The highest BCUT2D eigenvalue weighted by Crippen LogP contribution is 2.24. The van der Waals surface area contributed by atoms with Gasteiger partial charge in [-0.05, 0) is 36.1 Å². The van der Waals surface area contributed by atoms with Gasteiger partial charge in [0.05, 0.1) is 6.04 Å². The van der Waals surface area contributed by atoms with Crippen molar-refractivity contribution in [3.63, 3.8) is 0 Å². The molecule has 0 aromatic heterocycles. The molecule has 0 spiro atoms. The Bertz CT molecular complexity index is 502. The molecule has 2 aromatic carbocycles. The van der Waals surface area contributed by atoms with Crippen LogP contribution in [0.2, 0.25) is 0 Å². The molecule has 1 unspecified atom stereocenters. The summed E-state index contributed by atoms with van der Waals surface area (Å²) in [7, 11) is 0. The molecule has 19 heavy (non-hydrogen) atoms. The second kappa shape index (κ2) is 6.53. The summed E-state index contributed by atoms with van der Waals surface area (Å²) in [5.41, 5.74) is 4.04. The first kappa shape index (κ1) is 13.8. The molecule has 2 aromatic rings. The topological polar surface area (TPSA) is 12.0 Å². The molecule has 2 rings (SSSR count). The van der Waals surface area contributed by atoms with Crippen LogP contribution in [0.25, 0.3) is 0 Å². The molecule has 1 atom stereocenters. The van der Waals surface area contributed by atoms with Crippen LogP contribution in [0.15, 0.2) is 54.6 Å². The summed E-state index contributed by atoms with van der Waals surface area (Å²) < 4.78 is 0. The van der Waals surface area contributed by atoms with Gasteiger partial charge in [0.25, 0.3) is 0 Å². The number of benzene rings is 2. The van der Waals surface area contributed by atoms with Crippen molar-refractivity contribution in [1.29, 1.82) is 0 Å². The Kier molecular flexibility index (Phi) is 4.75. The van der Waals surface area contributed by atoms with Gasteiger partial charge in [-0.1, -0.05) is 68.4 Å². The van der Waals surface area contributed by atoms with E-state index in [4.69, 9.17) is 0 Å². The minimum atomic E-state index is 0.282. The van der Waals surface area contributed by atoms with E-state index in [1.165, 1.54) is 16.7 Å². The molecule has 0 saturated carbocycles. The molecule has 1 nitrogen and oxygen atoms in total. The molecule has 0 fully saturated rings. The van der Waals surface area contributed by atoms with E-state index in [1.54, 1.807) is 0 Å². The van der Waals surface area contributed by atoms with Crippen LogP contribution in [0, 0.1) is 12.8 Å². The second-order valence-corrected chi connectivity index (χ2v) is 5.50. The van der Waals surface area contributed by atoms with Crippen molar-refractivity contribution in [2.75, 3.05) is 6.54 Å². The number of rotatable bonds is 5. The minimum absolute atomic E-state index is 0.282. The van der Waals surface area contributed by atoms with Gasteiger partial charge in [-0.3, -0.25) is 0 Å². The third-order valence-electron chi connectivity index (χ3n) is 3.36. The van der Waals surface area contributed by atoms with Gasteiger partial charge in [0.2, 0.25) is 0 Å². The van der Waals surface area contributed by atoms with Crippen LogP contribution in [0.3, 0.4) is 0 Å². The third-order valence-corrected chi connectivity index (χ3v) is 3.36. The van der Waals surface area contributed by atoms with Gasteiger partial charge in [0, 0.05) is 0 Å². The van der Waals surface area contributed by atoms with E-state index in [0.717, 1.165) is 6.54 Å². The Labute approximate surface area is 116 Å². The zero-order valence-corrected chi connectivity index (χ0v) is 12.1. The van der Waals surface area contributed by atoms with Gasteiger partial charge in [-0.25, -0.2) is 0 Å².